The summed E-state index contributed by atoms with van der Waals surface area (Å²) in [6, 6.07) is 15.3. The van der Waals surface area contributed by atoms with Gasteiger partial charge in [0.05, 0.1) is 0 Å². The van der Waals surface area contributed by atoms with Crippen LogP contribution in [0.2, 0.25) is 0 Å². The summed E-state index contributed by atoms with van der Waals surface area (Å²) >= 11 is 0. The molecule has 104 valence electrons. The molecule has 0 saturated carbocycles. The van der Waals surface area contributed by atoms with Crippen LogP contribution in [0.4, 0.5) is 0 Å². The Kier molecular flexibility index (Phi) is 4.91. The van der Waals surface area contributed by atoms with Gasteiger partial charge in [-0.15, -0.1) is 0 Å². The van der Waals surface area contributed by atoms with Gasteiger partial charge in [0.15, 0.2) is 5.78 Å². The van der Waals surface area contributed by atoms with Crippen LogP contribution >= 0.6 is 0 Å². The molecule has 0 radical (unpaired) electrons. The van der Waals surface area contributed by atoms with Crippen molar-refractivity contribution in [2.45, 2.75) is 26.5 Å². The molecular formula is C17H19NO2. The minimum Gasteiger partial charge on any atom is -0.489 e. The first-order valence-corrected chi connectivity index (χ1v) is 6.77. The van der Waals surface area contributed by atoms with E-state index in [4.69, 9.17) is 10.5 Å². The van der Waals surface area contributed by atoms with Gasteiger partial charge in [0.2, 0.25) is 0 Å². The number of ketones is 1. The second-order valence-corrected chi connectivity index (χ2v) is 4.61. The lowest BCUT2D eigenvalue weighted by molar-refractivity contribution is 0.0988. The van der Waals surface area contributed by atoms with Gasteiger partial charge in [-0.3, -0.25) is 4.79 Å². The number of rotatable bonds is 6. The fraction of sp³-hybridized carbons (Fsp3) is 0.235. The van der Waals surface area contributed by atoms with Gasteiger partial charge in [0.1, 0.15) is 12.4 Å². The number of benzene rings is 2. The summed E-state index contributed by atoms with van der Waals surface area (Å²) in [5, 5.41) is 0. The number of ether oxygens (including phenoxy) is 1. The average molecular weight is 269 g/mol. The summed E-state index contributed by atoms with van der Waals surface area (Å²) in [4.78, 5) is 11.5. The van der Waals surface area contributed by atoms with E-state index < -0.39 is 0 Å². The van der Waals surface area contributed by atoms with E-state index in [2.05, 4.69) is 0 Å². The van der Waals surface area contributed by atoms with Crippen LogP contribution in [0.3, 0.4) is 0 Å². The largest absolute Gasteiger partial charge is 0.489 e. The van der Waals surface area contributed by atoms with Crippen molar-refractivity contribution < 1.29 is 9.53 Å². The van der Waals surface area contributed by atoms with Crippen LogP contribution in [0.25, 0.3) is 0 Å². The maximum atomic E-state index is 11.5. The van der Waals surface area contributed by atoms with Crippen molar-refractivity contribution in [2.24, 2.45) is 5.73 Å². The van der Waals surface area contributed by atoms with Crippen LogP contribution in [0.5, 0.6) is 5.75 Å². The number of hydrogen-bond donors (Lipinski definition) is 1. The molecule has 2 aromatic rings. The van der Waals surface area contributed by atoms with Gasteiger partial charge in [-0.1, -0.05) is 31.2 Å². The third-order valence-corrected chi connectivity index (χ3v) is 3.16. The summed E-state index contributed by atoms with van der Waals surface area (Å²) in [5.41, 5.74) is 8.49. The van der Waals surface area contributed by atoms with Crippen molar-refractivity contribution in [2.75, 3.05) is 0 Å². The van der Waals surface area contributed by atoms with Crippen molar-refractivity contribution in [3.8, 4) is 5.75 Å². The Morgan fingerprint density at radius 3 is 2.15 bits per heavy atom. The number of hydrogen-bond acceptors (Lipinski definition) is 3. The lowest BCUT2D eigenvalue weighted by Crippen LogP contribution is -1.99. The summed E-state index contributed by atoms with van der Waals surface area (Å²) in [6.07, 6.45) is 0.522. The number of carbonyl (C=O) groups is 1. The van der Waals surface area contributed by atoms with Gasteiger partial charge >= 0.3 is 0 Å². The summed E-state index contributed by atoms with van der Waals surface area (Å²) in [5.74, 6) is 0.912. The highest BCUT2D eigenvalue weighted by Crippen LogP contribution is 2.15. The minimum absolute atomic E-state index is 0.147. The van der Waals surface area contributed by atoms with E-state index in [9.17, 15) is 4.79 Å². The van der Waals surface area contributed by atoms with Crippen LogP contribution in [0.1, 0.15) is 34.8 Å². The zero-order chi connectivity index (χ0) is 14.4. The topological polar surface area (TPSA) is 52.3 Å². The smallest absolute Gasteiger partial charge is 0.162 e. The molecule has 0 aliphatic heterocycles. The number of Topliss-reactive ketones (excluding diaryl/α,β-unsaturated/α-hetero) is 1. The summed E-state index contributed by atoms with van der Waals surface area (Å²) in [6.45, 7) is 2.91. The fourth-order valence-electron chi connectivity index (χ4n) is 1.88. The molecular weight excluding hydrogens is 250 g/mol. The second-order valence-electron chi connectivity index (χ2n) is 4.61. The minimum atomic E-state index is 0.147. The Morgan fingerprint density at radius 2 is 1.60 bits per heavy atom. The molecule has 0 atom stereocenters. The zero-order valence-corrected chi connectivity index (χ0v) is 11.6. The Bertz CT molecular complexity index is 559. The van der Waals surface area contributed by atoms with Crippen LogP contribution in [0, 0.1) is 0 Å². The summed E-state index contributed by atoms with van der Waals surface area (Å²) < 4.78 is 5.69. The number of nitrogens with two attached hydrogens (primary N) is 1. The molecule has 0 saturated heterocycles. The molecule has 0 fully saturated rings. The Hall–Kier alpha value is -2.13. The van der Waals surface area contributed by atoms with Crippen LogP contribution in [-0.4, -0.2) is 5.78 Å². The molecule has 0 heterocycles. The number of carbonyl (C=O) groups excluding carboxylic acids is 1. The highest BCUT2D eigenvalue weighted by molar-refractivity contribution is 5.95. The maximum Gasteiger partial charge on any atom is 0.162 e. The standard InChI is InChI=1S/C17H19NO2/c1-2-17(19)15-7-9-16(10-8-15)20-12-14-5-3-13(11-18)4-6-14/h3-10H,2,11-12,18H2,1H3. The lowest BCUT2D eigenvalue weighted by Gasteiger charge is -2.07. The van der Waals surface area contributed by atoms with Crippen LogP contribution < -0.4 is 10.5 Å². The third-order valence-electron chi connectivity index (χ3n) is 3.16. The molecule has 0 bridgehead atoms. The summed E-state index contributed by atoms with van der Waals surface area (Å²) in [7, 11) is 0. The van der Waals surface area contributed by atoms with Crippen molar-refractivity contribution in [1.29, 1.82) is 0 Å². The van der Waals surface area contributed by atoms with E-state index in [-0.39, 0.29) is 5.78 Å². The first kappa shape index (κ1) is 14.3. The maximum absolute atomic E-state index is 11.5. The van der Waals surface area contributed by atoms with E-state index in [0.717, 1.165) is 22.4 Å². The van der Waals surface area contributed by atoms with Crippen molar-refractivity contribution in [3.63, 3.8) is 0 Å². The molecule has 0 spiro atoms. The molecule has 0 aromatic heterocycles. The molecule has 0 aliphatic rings. The van der Waals surface area contributed by atoms with Gasteiger partial charge in [-0.2, -0.15) is 0 Å². The molecule has 3 heteroatoms. The lowest BCUT2D eigenvalue weighted by atomic mass is 10.1. The first-order chi connectivity index (χ1) is 9.72. The Balaban J connectivity index is 1.94. The van der Waals surface area contributed by atoms with Crippen molar-refractivity contribution in [3.05, 3.63) is 65.2 Å². The van der Waals surface area contributed by atoms with E-state index in [1.165, 1.54) is 0 Å². The fourth-order valence-corrected chi connectivity index (χ4v) is 1.88. The molecule has 20 heavy (non-hydrogen) atoms. The monoisotopic (exact) mass is 269 g/mol. The van der Waals surface area contributed by atoms with Crippen molar-refractivity contribution >= 4 is 5.78 Å². The molecule has 0 aliphatic carbocycles. The SMILES string of the molecule is CCC(=O)c1ccc(OCc2ccc(CN)cc2)cc1. The molecule has 0 unspecified atom stereocenters. The Morgan fingerprint density at radius 1 is 1.00 bits per heavy atom. The van der Waals surface area contributed by atoms with Gasteiger partial charge in [-0.25, -0.2) is 0 Å². The Labute approximate surface area is 119 Å². The van der Waals surface area contributed by atoms with E-state index in [0.29, 0.717) is 19.6 Å². The van der Waals surface area contributed by atoms with Crippen LogP contribution in [0.15, 0.2) is 48.5 Å². The quantitative estimate of drug-likeness (QED) is 0.818. The molecule has 2 rings (SSSR count). The predicted octanol–water partition coefficient (Wildman–Crippen LogP) is 3.32. The predicted molar refractivity (Wildman–Crippen MR) is 79.7 cm³/mol. The average Bonchev–Trinajstić information content (AvgIpc) is 2.53. The third kappa shape index (κ3) is 3.68. The van der Waals surface area contributed by atoms with Crippen molar-refractivity contribution in [1.82, 2.24) is 0 Å². The van der Waals surface area contributed by atoms with Gasteiger partial charge in [0, 0.05) is 18.5 Å². The first-order valence-electron chi connectivity index (χ1n) is 6.77. The van der Waals surface area contributed by atoms with Gasteiger partial charge in [-0.05, 0) is 35.4 Å². The van der Waals surface area contributed by atoms with E-state index >= 15 is 0 Å². The molecule has 2 N–H and O–H groups in total. The van der Waals surface area contributed by atoms with Gasteiger partial charge < -0.3 is 10.5 Å². The normalized spacial score (nSPS) is 10.3. The zero-order valence-electron chi connectivity index (χ0n) is 11.6. The highest BCUT2D eigenvalue weighted by Gasteiger charge is 2.03. The van der Waals surface area contributed by atoms with Crippen LogP contribution in [-0.2, 0) is 13.2 Å². The van der Waals surface area contributed by atoms with E-state index in [1.54, 1.807) is 12.1 Å². The van der Waals surface area contributed by atoms with Gasteiger partial charge in [0.25, 0.3) is 0 Å². The molecule has 3 nitrogen and oxygen atoms in total. The highest BCUT2D eigenvalue weighted by atomic mass is 16.5. The molecule has 0 amide bonds. The molecule has 2 aromatic carbocycles. The van der Waals surface area contributed by atoms with E-state index in [1.807, 2.05) is 43.3 Å². The second kappa shape index (κ2) is 6.87.